The number of allylic oxidation sites excluding steroid dienone is 4. The van der Waals surface area contributed by atoms with Crippen molar-refractivity contribution in [1.29, 1.82) is 0 Å². The lowest BCUT2D eigenvalue weighted by atomic mass is 10.0. The number of nitrogens with zero attached hydrogens (tertiary/aromatic N) is 2. The van der Waals surface area contributed by atoms with Crippen molar-refractivity contribution in [2.75, 3.05) is 25.5 Å². The number of hydrogen-bond donors (Lipinski definition) is 2. The molecule has 2 aromatic carbocycles. The van der Waals surface area contributed by atoms with Crippen LogP contribution in [0.3, 0.4) is 0 Å². The summed E-state index contributed by atoms with van der Waals surface area (Å²) in [6, 6.07) is 14.9. The molecule has 2 aliphatic rings. The van der Waals surface area contributed by atoms with Crippen LogP contribution in [-0.4, -0.2) is 30.7 Å². The third-order valence-electron chi connectivity index (χ3n) is 6.53. The Morgan fingerprint density at radius 2 is 1.97 bits per heavy atom. The minimum absolute atomic E-state index is 0.966. The zero-order chi connectivity index (χ0) is 25.4. The fraction of sp³-hybridized carbons (Fsp3) is 0.323. The van der Waals surface area contributed by atoms with Crippen LogP contribution >= 0.6 is 0 Å². The van der Waals surface area contributed by atoms with Crippen molar-refractivity contribution in [2.24, 2.45) is 4.99 Å². The first kappa shape index (κ1) is 26.1. The van der Waals surface area contributed by atoms with Crippen molar-refractivity contribution in [3.63, 3.8) is 0 Å². The summed E-state index contributed by atoms with van der Waals surface area (Å²) in [6.07, 6.45) is 7.52. The number of aliphatic imine (C=N–C) groups is 1. The Labute approximate surface area is 211 Å². The predicted molar refractivity (Wildman–Crippen MR) is 153 cm³/mol. The molecule has 35 heavy (non-hydrogen) atoms. The monoisotopic (exact) mass is 468 g/mol. The van der Waals surface area contributed by atoms with Crippen LogP contribution in [0.25, 0.3) is 5.70 Å². The van der Waals surface area contributed by atoms with Crippen LogP contribution in [0.5, 0.6) is 0 Å². The normalized spacial score (nSPS) is 15.6. The van der Waals surface area contributed by atoms with E-state index in [4.69, 9.17) is 4.99 Å². The van der Waals surface area contributed by atoms with Crippen molar-refractivity contribution >= 4 is 17.1 Å². The molecule has 2 N–H and O–H groups in total. The van der Waals surface area contributed by atoms with E-state index in [0.29, 0.717) is 0 Å². The molecule has 0 radical (unpaired) electrons. The van der Waals surface area contributed by atoms with E-state index in [1.165, 1.54) is 46.5 Å². The molecule has 0 unspecified atom stereocenters. The van der Waals surface area contributed by atoms with Crippen molar-refractivity contribution in [2.45, 2.75) is 47.0 Å². The van der Waals surface area contributed by atoms with E-state index in [0.717, 1.165) is 42.3 Å². The van der Waals surface area contributed by atoms with Crippen LogP contribution in [0.4, 0.5) is 5.69 Å². The number of nitrogens with one attached hydrogen (secondary N) is 2. The Morgan fingerprint density at radius 1 is 1.20 bits per heavy atom. The number of benzene rings is 2. The third-order valence-corrected chi connectivity index (χ3v) is 6.53. The van der Waals surface area contributed by atoms with Crippen LogP contribution in [-0.2, 0) is 6.42 Å². The predicted octanol–water partition coefficient (Wildman–Crippen LogP) is 7.07. The fourth-order valence-corrected chi connectivity index (χ4v) is 4.14. The van der Waals surface area contributed by atoms with Crippen molar-refractivity contribution < 1.29 is 0 Å². The summed E-state index contributed by atoms with van der Waals surface area (Å²) in [5.41, 5.74) is 10.7. The van der Waals surface area contributed by atoms with Gasteiger partial charge in [-0.05, 0) is 74.1 Å². The number of anilines is 1. The van der Waals surface area contributed by atoms with Gasteiger partial charge in [-0.2, -0.15) is 0 Å². The maximum Gasteiger partial charge on any atom is 0.136 e. The van der Waals surface area contributed by atoms with E-state index in [1.807, 2.05) is 20.0 Å². The Morgan fingerprint density at radius 3 is 2.69 bits per heavy atom. The minimum atomic E-state index is 0.966. The highest BCUT2D eigenvalue weighted by Gasteiger charge is 2.17. The van der Waals surface area contributed by atoms with Gasteiger partial charge >= 0.3 is 0 Å². The summed E-state index contributed by atoms with van der Waals surface area (Å²) in [4.78, 5) is 6.89. The summed E-state index contributed by atoms with van der Waals surface area (Å²) >= 11 is 0. The molecule has 0 fully saturated rings. The Bertz CT molecular complexity index is 1170. The number of fused-ring (bicyclic) bond motifs is 1. The molecule has 0 atom stereocenters. The highest BCUT2D eigenvalue weighted by Crippen LogP contribution is 2.25. The lowest BCUT2D eigenvalue weighted by Crippen LogP contribution is -2.22. The molecular formula is C31H40N4. The van der Waals surface area contributed by atoms with E-state index < -0.39 is 0 Å². The molecule has 4 rings (SSSR count). The van der Waals surface area contributed by atoms with E-state index in [-0.39, 0.29) is 0 Å². The Hall–Kier alpha value is -3.53. The number of aryl methyl sites for hydroxylation is 1. The zero-order valence-corrected chi connectivity index (χ0v) is 22.0. The molecule has 0 saturated carbocycles. The summed E-state index contributed by atoms with van der Waals surface area (Å²) in [6.45, 7) is 18.5. The van der Waals surface area contributed by atoms with Crippen LogP contribution in [0.2, 0.25) is 0 Å². The van der Waals surface area contributed by atoms with E-state index in [9.17, 15) is 0 Å². The number of hydrogen-bond acceptors (Lipinski definition) is 4. The second kappa shape index (κ2) is 12.3. The van der Waals surface area contributed by atoms with Gasteiger partial charge in [-0.25, -0.2) is 4.99 Å². The first-order chi connectivity index (χ1) is 16.8. The van der Waals surface area contributed by atoms with Gasteiger partial charge in [-0.15, -0.1) is 0 Å². The average Bonchev–Trinajstić information content (AvgIpc) is 3.34. The second-order valence-electron chi connectivity index (χ2n) is 9.18. The van der Waals surface area contributed by atoms with Crippen LogP contribution in [0.1, 0.15) is 55.9 Å². The van der Waals surface area contributed by atoms with Gasteiger partial charge in [-0.3, -0.25) is 0 Å². The number of rotatable bonds is 7. The quantitative estimate of drug-likeness (QED) is 0.427. The third kappa shape index (κ3) is 6.54. The van der Waals surface area contributed by atoms with Gasteiger partial charge in [-0.1, -0.05) is 62.9 Å². The maximum atomic E-state index is 4.79. The molecule has 4 heteroatoms. The zero-order valence-electron chi connectivity index (χ0n) is 22.0. The van der Waals surface area contributed by atoms with Gasteiger partial charge in [0.15, 0.2) is 0 Å². The Balaban J connectivity index is 0.000000198. The highest BCUT2D eigenvalue weighted by atomic mass is 15.2. The van der Waals surface area contributed by atoms with Crippen molar-refractivity contribution in [3.05, 3.63) is 107 Å². The second-order valence-corrected chi connectivity index (χ2v) is 9.18. The van der Waals surface area contributed by atoms with Gasteiger partial charge in [0, 0.05) is 42.8 Å². The summed E-state index contributed by atoms with van der Waals surface area (Å²) < 4.78 is 0. The summed E-state index contributed by atoms with van der Waals surface area (Å²) in [5.74, 6) is 0.966. The first-order valence-corrected chi connectivity index (χ1v) is 12.6. The summed E-state index contributed by atoms with van der Waals surface area (Å²) in [7, 11) is 2.03. The molecule has 2 heterocycles. The molecule has 0 amide bonds. The molecule has 0 aliphatic carbocycles. The van der Waals surface area contributed by atoms with Gasteiger partial charge in [0.2, 0.25) is 0 Å². The van der Waals surface area contributed by atoms with E-state index >= 15 is 0 Å². The van der Waals surface area contributed by atoms with Gasteiger partial charge in [0.1, 0.15) is 5.82 Å². The number of unbranched alkanes of at least 4 members (excludes halogenated alkanes) is 1. The van der Waals surface area contributed by atoms with Gasteiger partial charge in [0.25, 0.3) is 0 Å². The molecule has 0 saturated heterocycles. The lowest BCUT2D eigenvalue weighted by Gasteiger charge is -2.27. The molecule has 2 aliphatic heterocycles. The molecule has 184 valence electrons. The molecule has 2 aromatic rings. The molecular weight excluding hydrogens is 428 g/mol. The van der Waals surface area contributed by atoms with Gasteiger partial charge < -0.3 is 15.5 Å². The highest BCUT2D eigenvalue weighted by molar-refractivity contribution is 6.11. The molecule has 4 nitrogen and oxygen atoms in total. The minimum Gasteiger partial charge on any atom is -0.385 e. The fourth-order valence-electron chi connectivity index (χ4n) is 4.14. The Kier molecular flexibility index (Phi) is 9.13. The smallest absolute Gasteiger partial charge is 0.136 e. The standard InChI is InChI=1S/C17H20N2.C14H20N2/c1-6-12(2)17-18-16(11-14(4)19(17)5)15-10-8-7-9-13(15)3;1-3-4-8-15-11(2)12-5-6-14-13(10-12)7-9-16-14/h6-11H,1H2,2-5H3;5-6,10,15-16H,2-4,7-9H2,1H3/b17-12-;. The molecule has 0 spiro atoms. The van der Waals surface area contributed by atoms with Crippen LogP contribution in [0.15, 0.2) is 89.9 Å². The SMILES string of the molecule is C=C(NCCCC)c1ccc2c(c1)CCN2.C=C/C(C)=C1/N=C(c2ccccc2C)C=C(C)N1C. The lowest BCUT2D eigenvalue weighted by molar-refractivity contribution is 0.505. The molecule has 0 bridgehead atoms. The van der Waals surface area contributed by atoms with E-state index in [2.05, 4.69) is 98.0 Å². The molecule has 0 aromatic heterocycles. The topological polar surface area (TPSA) is 39.7 Å². The van der Waals surface area contributed by atoms with Crippen LogP contribution < -0.4 is 10.6 Å². The van der Waals surface area contributed by atoms with Gasteiger partial charge in [0.05, 0.1) is 5.71 Å². The van der Waals surface area contributed by atoms with Crippen LogP contribution in [0, 0.1) is 6.92 Å². The average molecular weight is 469 g/mol. The summed E-state index contributed by atoms with van der Waals surface area (Å²) in [5, 5.41) is 6.74. The van der Waals surface area contributed by atoms with E-state index in [1.54, 1.807) is 0 Å². The van der Waals surface area contributed by atoms with Crippen molar-refractivity contribution in [1.82, 2.24) is 10.2 Å². The first-order valence-electron chi connectivity index (χ1n) is 12.6. The maximum absolute atomic E-state index is 4.79. The largest absolute Gasteiger partial charge is 0.385 e. The van der Waals surface area contributed by atoms with Crippen molar-refractivity contribution in [3.8, 4) is 0 Å².